The first-order chi connectivity index (χ1) is 15.9. The lowest BCUT2D eigenvalue weighted by atomic mass is 9.88. The number of rotatable bonds is 7. The van der Waals surface area contributed by atoms with E-state index in [1.807, 2.05) is 6.92 Å². The maximum Gasteiger partial charge on any atom is 0.320 e. The Kier molecular flexibility index (Phi) is 6.57. The van der Waals surface area contributed by atoms with Crippen LogP contribution in [0.5, 0.6) is 5.88 Å². The number of carbonyl (C=O) groups is 2. The van der Waals surface area contributed by atoms with Gasteiger partial charge in [0, 0.05) is 23.2 Å². The van der Waals surface area contributed by atoms with Gasteiger partial charge in [0.05, 0.1) is 11.9 Å². The molecule has 0 unspecified atom stereocenters. The van der Waals surface area contributed by atoms with E-state index in [2.05, 4.69) is 25.8 Å². The van der Waals surface area contributed by atoms with Crippen LogP contribution in [0, 0.1) is 24.5 Å². The van der Waals surface area contributed by atoms with Crippen LogP contribution in [-0.4, -0.2) is 33.5 Å². The number of nitrogens with zero attached hydrogens (tertiary/aromatic N) is 3. The van der Waals surface area contributed by atoms with E-state index >= 15 is 0 Å². The summed E-state index contributed by atoms with van der Waals surface area (Å²) >= 11 is 0. The Hall–Kier alpha value is -3.89. The molecular weight excluding hydrogens is 436 g/mol. The maximum atomic E-state index is 13.3. The van der Waals surface area contributed by atoms with Crippen molar-refractivity contribution in [3.05, 3.63) is 53.6 Å². The van der Waals surface area contributed by atoms with Gasteiger partial charge in [-0.05, 0) is 50.8 Å². The molecule has 1 saturated carbocycles. The highest BCUT2D eigenvalue weighted by atomic mass is 19.2. The van der Waals surface area contributed by atoms with Crippen molar-refractivity contribution in [2.24, 2.45) is 5.92 Å². The van der Waals surface area contributed by atoms with Crippen LogP contribution in [-0.2, 0) is 4.79 Å². The summed E-state index contributed by atoms with van der Waals surface area (Å²) in [6, 6.07) is 4.70. The molecule has 1 aliphatic rings. The average Bonchev–Trinajstić information content (AvgIpc) is 3.27. The number of carbonyl (C=O) groups excluding carboxylic acids is 2. The zero-order valence-electron chi connectivity index (χ0n) is 17.7. The molecule has 0 spiro atoms. The number of ether oxygens (including phenoxy) is 1. The third-order valence-corrected chi connectivity index (χ3v) is 5.27. The van der Waals surface area contributed by atoms with Crippen molar-refractivity contribution in [2.75, 3.05) is 10.6 Å². The van der Waals surface area contributed by atoms with E-state index < -0.39 is 17.5 Å². The molecule has 9 nitrogen and oxygen atoms in total. The molecule has 1 fully saturated rings. The number of amides is 1. The van der Waals surface area contributed by atoms with Gasteiger partial charge in [0.1, 0.15) is 12.4 Å². The topological polar surface area (TPSA) is 119 Å². The molecule has 4 rings (SSSR count). The summed E-state index contributed by atoms with van der Waals surface area (Å²) in [6.07, 6.45) is 5.65. The van der Waals surface area contributed by atoms with E-state index in [9.17, 15) is 18.4 Å². The Balaban J connectivity index is 1.35. The zero-order chi connectivity index (χ0) is 23.4. The van der Waals surface area contributed by atoms with Crippen LogP contribution in [0.1, 0.15) is 41.9 Å². The SMILES string of the molecule is Cc1cc(NC(=O)c2nnc(Nc3ccc(F)c(F)c3)o2)cnc1O[C@H]1CC[C@@H](C=O)CC1. The number of anilines is 3. The van der Waals surface area contributed by atoms with E-state index in [4.69, 9.17) is 9.15 Å². The fourth-order valence-electron chi connectivity index (χ4n) is 3.50. The first kappa shape index (κ1) is 22.3. The molecule has 2 aromatic heterocycles. The normalized spacial score (nSPS) is 17.9. The Morgan fingerprint density at radius 2 is 1.91 bits per heavy atom. The van der Waals surface area contributed by atoms with Crippen molar-refractivity contribution >= 4 is 29.6 Å². The quantitative estimate of drug-likeness (QED) is 0.507. The average molecular weight is 457 g/mol. The minimum Gasteiger partial charge on any atom is -0.474 e. The minimum atomic E-state index is -1.04. The molecule has 3 aromatic rings. The summed E-state index contributed by atoms with van der Waals surface area (Å²) in [6.45, 7) is 1.81. The Labute approximate surface area is 187 Å². The van der Waals surface area contributed by atoms with Crippen molar-refractivity contribution in [1.82, 2.24) is 15.2 Å². The van der Waals surface area contributed by atoms with Gasteiger partial charge in [0.25, 0.3) is 0 Å². The van der Waals surface area contributed by atoms with E-state index in [-0.39, 0.29) is 29.6 Å². The second-order valence-electron chi connectivity index (χ2n) is 7.76. The summed E-state index contributed by atoms with van der Waals surface area (Å²) < 4.78 is 37.5. The van der Waals surface area contributed by atoms with Crippen LogP contribution in [0.15, 0.2) is 34.9 Å². The lowest BCUT2D eigenvalue weighted by molar-refractivity contribution is -0.112. The molecule has 11 heteroatoms. The third kappa shape index (κ3) is 5.48. The van der Waals surface area contributed by atoms with Crippen molar-refractivity contribution in [2.45, 2.75) is 38.7 Å². The predicted molar refractivity (Wildman–Crippen MR) is 113 cm³/mol. The van der Waals surface area contributed by atoms with Gasteiger partial charge in [-0.1, -0.05) is 5.10 Å². The number of aromatic nitrogens is 3. The molecule has 0 bridgehead atoms. The van der Waals surface area contributed by atoms with Crippen LogP contribution < -0.4 is 15.4 Å². The number of aldehydes is 1. The number of aryl methyl sites for hydroxylation is 1. The molecule has 0 atom stereocenters. The Morgan fingerprint density at radius 1 is 1.12 bits per heavy atom. The van der Waals surface area contributed by atoms with Crippen molar-refractivity contribution < 1.29 is 27.5 Å². The van der Waals surface area contributed by atoms with Crippen LogP contribution in [0.25, 0.3) is 0 Å². The number of pyridine rings is 1. The zero-order valence-corrected chi connectivity index (χ0v) is 17.7. The fourth-order valence-corrected chi connectivity index (χ4v) is 3.50. The molecule has 172 valence electrons. The molecule has 33 heavy (non-hydrogen) atoms. The highest BCUT2D eigenvalue weighted by Gasteiger charge is 2.23. The predicted octanol–water partition coefficient (Wildman–Crippen LogP) is 4.18. The molecule has 1 aliphatic carbocycles. The number of halogens is 2. The summed E-state index contributed by atoms with van der Waals surface area (Å²) in [5.74, 6) is -2.45. The van der Waals surface area contributed by atoms with Gasteiger partial charge in [-0.15, -0.1) is 5.10 Å². The summed E-state index contributed by atoms with van der Waals surface area (Å²) in [4.78, 5) is 27.6. The number of nitrogens with one attached hydrogen (secondary N) is 2. The van der Waals surface area contributed by atoms with Crippen molar-refractivity contribution in [1.29, 1.82) is 0 Å². The van der Waals surface area contributed by atoms with E-state index in [1.54, 1.807) is 6.07 Å². The summed E-state index contributed by atoms with van der Waals surface area (Å²) in [5, 5.41) is 12.5. The largest absolute Gasteiger partial charge is 0.474 e. The van der Waals surface area contributed by atoms with Gasteiger partial charge in [-0.25, -0.2) is 13.8 Å². The van der Waals surface area contributed by atoms with Gasteiger partial charge in [-0.3, -0.25) is 4.79 Å². The van der Waals surface area contributed by atoms with Crippen LogP contribution in [0.2, 0.25) is 0 Å². The second kappa shape index (κ2) is 9.72. The van der Waals surface area contributed by atoms with Crippen molar-refractivity contribution in [3.8, 4) is 5.88 Å². The standard InChI is InChI=1S/C22H21F2N5O4/c1-12-8-15(10-25-20(12)32-16-5-2-13(11-30)3-6-16)26-19(31)21-28-29-22(33-21)27-14-4-7-17(23)18(24)9-14/h4,7-11,13,16H,2-3,5-6H2,1H3,(H,26,31)(H,27,29)/t13-,16+. The first-order valence-electron chi connectivity index (χ1n) is 10.4. The van der Waals surface area contributed by atoms with Gasteiger partial charge >= 0.3 is 17.8 Å². The summed E-state index contributed by atoms with van der Waals surface area (Å²) in [5.41, 5.74) is 1.32. The number of hydrogen-bond donors (Lipinski definition) is 2. The molecule has 0 saturated heterocycles. The minimum absolute atomic E-state index is 0.00624. The highest BCUT2D eigenvalue weighted by molar-refractivity contribution is 6.00. The smallest absolute Gasteiger partial charge is 0.320 e. The first-order valence-corrected chi connectivity index (χ1v) is 10.4. The highest BCUT2D eigenvalue weighted by Crippen LogP contribution is 2.28. The van der Waals surface area contributed by atoms with E-state index in [0.717, 1.165) is 49.7 Å². The fraction of sp³-hybridized carbons (Fsp3) is 0.318. The molecule has 2 N–H and O–H groups in total. The van der Waals surface area contributed by atoms with Crippen LogP contribution in [0.4, 0.5) is 26.2 Å². The maximum absolute atomic E-state index is 13.3. The monoisotopic (exact) mass is 457 g/mol. The molecule has 0 radical (unpaired) electrons. The van der Waals surface area contributed by atoms with Crippen molar-refractivity contribution in [3.63, 3.8) is 0 Å². The number of hydrogen-bond acceptors (Lipinski definition) is 8. The Bertz CT molecular complexity index is 1160. The Morgan fingerprint density at radius 3 is 2.61 bits per heavy atom. The van der Waals surface area contributed by atoms with Gasteiger partial charge in [0.2, 0.25) is 5.88 Å². The molecule has 0 aliphatic heterocycles. The molecular formula is C22H21F2N5O4. The lowest BCUT2D eigenvalue weighted by Crippen LogP contribution is -2.25. The molecule has 1 aromatic carbocycles. The molecule has 2 heterocycles. The van der Waals surface area contributed by atoms with E-state index in [0.29, 0.717) is 11.6 Å². The second-order valence-corrected chi connectivity index (χ2v) is 7.76. The lowest BCUT2D eigenvalue weighted by Gasteiger charge is -2.26. The summed E-state index contributed by atoms with van der Waals surface area (Å²) in [7, 11) is 0. The third-order valence-electron chi connectivity index (χ3n) is 5.27. The van der Waals surface area contributed by atoms with Crippen LogP contribution >= 0.6 is 0 Å². The van der Waals surface area contributed by atoms with Gasteiger partial charge < -0.3 is 24.6 Å². The molecule has 1 amide bonds. The van der Waals surface area contributed by atoms with Gasteiger partial charge in [0.15, 0.2) is 11.6 Å². The van der Waals surface area contributed by atoms with Crippen LogP contribution in [0.3, 0.4) is 0 Å². The van der Waals surface area contributed by atoms with Gasteiger partial charge in [-0.2, -0.15) is 0 Å². The number of benzene rings is 1. The van der Waals surface area contributed by atoms with E-state index in [1.165, 1.54) is 12.3 Å².